The quantitative estimate of drug-likeness (QED) is 0.785. The van der Waals surface area contributed by atoms with Crippen molar-refractivity contribution in [1.82, 2.24) is 19.3 Å². The fourth-order valence-corrected chi connectivity index (χ4v) is 2.10. The van der Waals surface area contributed by atoms with Crippen molar-refractivity contribution in [3.63, 3.8) is 0 Å². The minimum Gasteiger partial charge on any atom is -0.330 e. The van der Waals surface area contributed by atoms with Crippen molar-refractivity contribution in [2.24, 2.45) is 7.05 Å². The molecule has 102 valence electrons. The molecule has 1 amide bonds. The molecule has 0 bridgehead atoms. The predicted molar refractivity (Wildman–Crippen MR) is 76.2 cm³/mol. The van der Waals surface area contributed by atoms with Crippen LogP contribution < -0.4 is 5.32 Å². The van der Waals surface area contributed by atoms with Gasteiger partial charge in [-0.05, 0) is 12.1 Å². The summed E-state index contributed by atoms with van der Waals surface area (Å²) in [7, 11) is 1.81. The molecule has 6 nitrogen and oxygen atoms in total. The molecule has 3 rings (SSSR count). The molecule has 0 aliphatic rings. The zero-order chi connectivity index (χ0) is 13.9. The number of carbonyl (C=O) groups excluding carboxylic acids is 1. The van der Waals surface area contributed by atoms with E-state index in [1.807, 2.05) is 35.9 Å². The molecule has 0 spiro atoms. The Kier molecular flexibility index (Phi) is 3.20. The van der Waals surface area contributed by atoms with Crippen molar-refractivity contribution in [3.05, 3.63) is 42.9 Å². The standard InChI is InChI=1S/C14H15N5O/c1-18-8-6-13(17-18)16-14(20)7-9-19-10-15-11-4-2-3-5-12(11)19/h2-6,8,10H,7,9H2,1H3,(H,16,17,20). The summed E-state index contributed by atoms with van der Waals surface area (Å²) in [6.07, 6.45) is 3.94. The largest absolute Gasteiger partial charge is 0.330 e. The van der Waals surface area contributed by atoms with Gasteiger partial charge in [-0.25, -0.2) is 4.98 Å². The lowest BCUT2D eigenvalue weighted by atomic mass is 10.3. The van der Waals surface area contributed by atoms with Gasteiger partial charge in [-0.2, -0.15) is 5.10 Å². The number of rotatable bonds is 4. The maximum atomic E-state index is 11.9. The van der Waals surface area contributed by atoms with Crippen molar-refractivity contribution in [2.45, 2.75) is 13.0 Å². The summed E-state index contributed by atoms with van der Waals surface area (Å²) in [5.74, 6) is 0.523. The number of para-hydroxylation sites is 2. The summed E-state index contributed by atoms with van der Waals surface area (Å²) in [6, 6.07) is 9.64. The Morgan fingerprint density at radius 1 is 1.30 bits per heavy atom. The summed E-state index contributed by atoms with van der Waals surface area (Å²) in [6.45, 7) is 0.596. The molecule has 2 heterocycles. The van der Waals surface area contributed by atoms with Crippen LogP contribution in [0.3, 0.4) is 0 Å². The van der Waals surface area contributed by atoms with Crippen molar-refractivity contribution >= 4 is 22.8 Å². The van der Waals surface area contributed by atoms with Crippen molar-refractivity contribution < 1.29 is 4.79 Å². The summed E-state index contributed by atoms with van der Waals surface area (Å²) in [4.78, 5) is 16.2. The zero-order valence-corrected chi connectivity index (χ0v) is 11.2. The van der Waals surface area contributed by atoms with E-state index in [4.69, 9.17) is 0 Å². The molecule has 0 fully saturated rings. The highest BCUT2D eigenvalue weighted by Crippen LogP contribution is 2.12. The molecule has 20 heavy (non-hydrogen) atoms. The highest BCUT2D eigenvalue weighted by molar-refractivity contribution is 5.89. The van der Waals surface area contributed by atoms with E-state index in [-0.39, 0.29) is 5.91 Å². The summed E-state index contributed by atoms with van der Waals surface area (Å²) in [5.41, 5.74) is 1.98. The summed E-state index contributed by atoms with van der Waals surface area (Å²) in [5, 5.41) is 6.88. The fraction of sp³-hybridized carbons (Fsp3) is 0.214. The highest BCUT2D eigenvalue weighted by Gasteiger charge is 2.06. The van der Waals surface area contributed by atoms with Crippen LogP contribution in [0.5, 0.6) is 0 Å². The molecule has 0 saturated carbocycles. The first kappa shape index (κ1) is 12.4. The number of fused-ring (bicyclic) bond motifs is 1. The minimum absolute atomic E-state index is 0.0542. The number of aromatic nitrogens is 4. The van der Waals surface area contributed by atoms with E-state index in [1.165, 1.54) is 0 Å². The second kappa shape index (κ2) is 5.16. The van der Waals surface area contributed by atoms with E-state index in [9.17, 15) is 4.79 Å². The minimum atomic E-state index is -0.0542. The molecule has 0 radical (unpaired) electrons. The molecule has 0 aliphatic carbocycles. The zero-order valence-electron chi connectivity index (χ0n) is 11.2. The molecule has 1 aromatic carbocycles. The third-order valence-electron chi connectivity index (χ3n) is 3.09. The number of benzene rings is 1. The average Bonchev–Trinajstić information content (AvgIpc) is 3.03. The van der Waals surface area contributed by atoms with Crippen LogP contribution in [0.2, 0.25) is 0 Å². The molecule has 2 aromatic heterocycles. The van der Waals surface area contributed by atoms with Gasteiger partial charge < -0.3 is 9.88 Å². The molecule has 1 N–H and O–H groups in total. The molecule has 0 saturated heterocycles. The topological polar surface area (TPSA) is 64.7 Å². The third kappa shape index (κ3) is 2.54. The number of nitrogens with one attached hydrogen (secondary N) is 1. The normalized spacial score (nSPS) is 10.8. The predicted octanol–water partition coefficient (Wildman–Crippen LogP) is 1.80. The Morgan fingerprint density at radius 3 is 2.95 bits per heavy atom. The SMILES string of the molecule is Cn1ccc(NC(=O)CCn2cnc3ccccc32)n1. The van der Waals surface area contributed by atoms with Gasteiger partial charge in [0, 0.05) is 32.3 Å². The number of nitrogens with zero attached hydrogens (tertiary/aromatic N) is 4. The lowest BCUT2D eigenvalue weighted by molar-refractivity contribution is -0.116. The lowest BCUT2D eigenvalue weighted by Gasteiger charge is -2.04. The van der Waals surface area contributed by atoms with Gasteiger partial charge in [0.1, 0.15) is 0 Å². The maximum Gasteiger partial charge on any atom is 0.227 e. The van der Waals surface area contributed by atoms with Gasteiger partial charge in [0.15, 0.2) is 5.82 Å². The highest BCUT2D eigenvalue weighted by atomic mass is 16.1. The molecule has 0 unspecified atom stereocenters. The molecule has 0 aliphatic heterocycles. The first-order valence-electron chi connectivity index (χ1n) is 6.42. The van der Waals surface area contributed by atoms with Gasteiger partial charge in [0.25, 0.3) is 0 Å². The van der Waals surface area contributed by atoms with Crippen LogP contribution in [0.15, 0.2) is 42.9 Å². The fourth-order valence-electron chi connectivity index (χ4n) is 2.10. The van der Waals surface area contributed by atoms with E-state index < -0.39 is 0 Å². The van der Waals surface area contributed by atoms with Crippen molar-refractivity contribution in [2.75, 3.05) is 5.32 Å². The Labute approximate surface area is 116 Å². The van der Waals surface area contributed by atoms with Crippen molar-refractivity contribution in [3.8, 4) is 0 Å². The smallest absolute Gasteiger partial charge is 0.227 e. The van der Waals surface area contributed by atoms with E-state index in [2.05, 4.69) is 15.4 Å². The van der Waals surface area contributed by atoms with Gasteiger partial charge in [-0.1, -0.05) is 12.1 Å². The van der Waals surface area contributed by atoms with E-state index in [0.29, 0.717) is 18.8 Å². The van der Waals surface area contributed by atoms with Crippen LogP contribution in [0, 0.1) is 0 Å². The molecular weight excluding hydrogens is 254 g/mol. The van der Waals surface area contributed by atoms with Gasteiger partial charge in [0.05, 0.1) is 17.4 Å². The Bertz CT molecular complexity index is 743. The Morgan fingerprint density at radius 2 is 2.15 bits per heavy atom. The maximum absolute atomic E-state index is 11.9. The second-order valence-electron chi connectivity index (χ2n) is 4.60. The van der Waals surface area contributed by atoms with E-state index >= 15 is 0 Å². The number of imidazole rings is 1. The molecule has 0 atom stereocenters. The second-order valence-corrected chi connectivity index (χ2v) is 4.60. The molecule has 6 heteroatoms. The van der Waals surface area contributed by atoms with Crippen LogP contribution in [0.25, 0.3) is 11.0 Å². The average molecular weight is 269 g/mol. The Balaban J connectivity index is 1.63. The van der Waals surface area contributed by atoms with Crippen molar-refractivity contribution in [1.29, 1.82) is 0 Å². The van der Waals surface area contributed by atoms with Gasteiger partial charge in [-0.15, -0.1) is 0 Å². The monoisotopic (exact) mass is 269 g/mol. The number of hydrogen-bond acceptors (Lipinski definition) is 3. The van der Waals surface area contributed by atoms with Crippen LogP contribution in [-0.4, -0.2) is 25.2 Å². The first-order chi connectivity index (χ1) is 9.72. The first-order valence-corrected chi connectivity index (χ1v) is 6.42. The number of hydrogen-bond donors (Lipinski definition) is 1. The summed E-state index contributed by atoms with van der Waals surface area (Å²) >= 11 is 0. The van der Waals surface area contributed by atoms with E-state index in [0.717, 1.165) is 11.0 Å². The number of anilines is 1. The number of carbonyl (C=O) groups is 1. The number of amides is 1. The van der Waals surface area contributed by atoms with Gasteiger partial charge in [-0.3, -0.25) is 9.48 Å². The third-order valence-corrected chi connectivity index (χ3v) is 3.09. The van der Waals surface area contributed by atoms with Crippen LogP contribution in [-0.2, 0) is 18.4 Å². The van der Waals surface area contributed by atoms with Gasteiger partial charge in [0.2, 0.25) is 5.91 Å². The molecule has 3 aromatic rings. The molecular formula is C14H15N5O. The van der Waals surface area contributed by atoms with Crippen LogP contribution >= 0.6 is 0 Å². The van der Waals surface area contributed by atoms with Crippen LogP contribution in [0.1, 0.15) is 6.42 Å². The van der Waals surface area contributed by atoms with Gasteiger partial charge >= 0.3 is 0 Å². The van der Waals surface area contributed by atoms with E-state index in [1.54, 1.807) is 23.3 Å². The lowest BCUT2D eigenvalue weighted by Crippen LogP contribution is -2.14. The summed E-state index contributed by atoms with van der Waals surface area (Å²) < 4.78 is 3.63. The van der Waals surface area contributed by atoms with Crippen LogP contribution in [0.4, 0.5) is 5.82 Å². The Hall–Kier alpha value is -2.63. The number of aryl methyl sites for hydroxylation is 2.